The fourth-order valence-corrected chi connectivity index (χ4v) is 3.65. The minimum atomic E-state index is -0.533. The molecule has 1 unspecified atom stereocenters. The predicted molar refractivity (Wildman–Crippen MR) is 113 cm³/mol. The lowest BCUT2D eigenvalue weighted by Gasteiger charge is -2.27. The normalized spacial score (nSPS) is 15.8. The van der Waals surface area contributed by atoms with Crippen LogP contribution in [-0.2, 0) is 17.9 Å². The van der Waals surface area contributed by atoms with Gasteiger partial charge in [-0.25, -0.2) is 0 Å². The van der Waals surface area contributed by atoms with Gasteiger partial charge in [0, 0.05) is 13.1 Å². The second-order valence-electron chi connectivity index (χ2n) is 7.85. The maximum Gasteiger partial charge on any atom is 0.261 e. The maximum absolute atomic E-state index is 12.6. The zero-order valence-corrected chi connectivity index (χ0v) is 17.3. The number of hydrogen-bond donors (Lipinski definition) is 1. The maximum atomic E-state index is 12.6. The molecule has 1 atom stereocenters. The molecule has 1 saturated heterocycles. The van der Waals surface area contributed by atoms with Gasteiger partial charge in [-0.05, 0) is 75.0 Å². The molecule has 0 aromatic heterocycles. The van der Waals surface area contributed by atoms with Gasteiger partial charge < -0.3 is 10.1 Å². The van der Waals surface area contributed by atoms with E-state index in [0.29, 0.717) is 6.54 Å². The van der Waals surface area contributed by atoms with Crippen LogP contribution in [0.1, 0.15) is 48.4 Å². The second kappa shape index (κ2) is 9.74. The van der Waals surface area contributed by atoms with Crippen molar-refractivity contribution in [2.45, 2.75) is 59.2 Å². The Hall–Kier alpha value is -2.33. The first-order valence-corrected chi connectivity index (χ1v) is 10.3. The highest BCUT2D eigenvalue weighted by Gasteiger charge is 2.17. The van der Waals surface area contributed by atoms with E-state index >= 15 is 0 Å². The lowest BCUT2D eigenvalue weighted by atomic mass is 10.0. The number of nitrogens with zero attached hydrogens (tertiary/aromatic N) is 1. The standard InChI is InChI=1S/C24H32N2O2/c1-18-11-12-19(2)23(15-18)28-20(3)24(27)25-16-21-9-5-6-10-22(21)17-26-13-7-4-8-14-26/h5-6,9-12,15,20H,4,7-8,13-14,16-17H2,1-3H3,(H,25,27). The molecule has 1 aliphatic rings. The number of benzene rings is 2. The Kier molecular flexibility index (Phi) is 7.10. The molecule has 0 spiro atoms. The zero-order valence-electron chi connectivity index (χ0n) is 17.3. The molecule has 1 fully saturated rings. The van der Waals surface area contributed by atoms with E-state index in [2.05, 4.69) is 28.4 Å². The molecular weight excluding hydrogens is 348 g/mol. The van der Waals surface area contributed by atoms with E-state index in [1.165, 1.54) is 43.5 Å². The van der Waals surface area contributed by atoms with Crippen molar-refractivity contribution in [3.05, 3.63) is 64.7 Å². The number of rotatable bonds is 7. The van der Waals surface area contributed by atoms with Gasteiger partial charge in [0.25, 0.3) is 5.91 Å². The number of likely N-dealkylation sites (tertiary alicyclic amines) is 1. The van der Waals surface area contributed by atoms with Crippen LogP contribution in [-0.4, -0.2) is 30.0 Å². The third kappa shape index (κ3) is 5.59. The zero-order chi connectivity index (χ0) is 19.9. The minimum absolute atomic E-state index is 0.0892. The van der Waals surface area contributed by atoms with E-state index in [1.807, 2.05) is 38.1 Å². The highest BCUT2D eigenvalue weighted by atomic mass is 16.5. The summed E-state index contributed by atoms with van der Waals surface area (Å²) in [6.07, 6.45) is 3.37. The van der Waals surface area contributed by atoms with Crippen molar-refractivity contribution < 1.29 is 9.53 Å². The average Bonchev–Trinajstić information content (AvgIpc) is 2.70. The molecule has 0 radical (unpaired) electrons. The van der Waals surface area contributed by atoms with Crippen LogP contribution in [0.4, 0.5) is 0 Å². The SMILES string of the molecule is Cc1ccc(C)c(OC(C)C(=O)NCc2ccccc2CN2CCCCC2)c1. The van der Waals surface area contributed by atoms with Crippen LogP contribution in [0.25, 0.3) is 0 Å². The molecule has 1 heterocycles. The van der Waals surface area contributed by atoms with E-state index < -0.39 is 6.10 Å². The second-order valence-corrected chi connectivity index (χ2v) is 7.85. The number of carbonyl (C=O) groups excluding carboxylic acids is 1. The Labute approximate surface area is 168 Å². The summed E-state index contributed by atoms with van der Waals surface area (Å²) in [6.45, 7) is 9.65. The summed E-state index contributed by atoms with van der Waals surface area (Å²) in [6, 6.07) is 14.4. The van der Waals surface area contributed by atoms with Crippen molar-refractivity contribution in [1.82, 2.24) is 10.2 Å². The van der Waals surface area contributed by atoms with Crippen LogP contribution in [0.2, 0.25) is 0 Å². The largest absolute Gasteiger partial charge is 0.481 e. The topological polar surface area (TPSA) is 41.6 Å². The Morgan fingerprint density at radius 2 is 1.79 bits per heavy atom. The Bertz CT molecular complexity index is 797. The molecule has 2 aromatic carbocycles. The highest BCUT2D eigenvalue weighted by Crippen LogP contribution is 2.21. The first-order chi connectivity index (χ1) is 13.5. The van der Waals surface area contributed by atoms with Gasteiger partial charge in [0.1, 0.15) is 5.75 Å². The number of hydrogen-bond acceptors (Lipinski definition) is 3. The van der Waals surface area contributed by atoms with Gasteiger partial charge in [0.15, 0.2) is 6.10 Å². The third-order valence-electron chi connectivity index (χ3n) is 5.43. The first-order valence-electron chi connectivity index (χ1n) is 10.3. The van der Waals surface area contributed by atoms with E-state index in [4.69, 9.17) is 4.74 Å². The van der Waals surface area contributed by atoms with Crippen LogP contribution in [0.3, 0.4) is 0 Å². The van der Waals surface area contributed by atoms with Crippen LogP contribution >= 0.6 is 0 Å². The van der Waals surface area contributed by atoms with Gasteiger partial charge in [0.05, 0.1) is 0 Å². The summed E-state index contributed by atoms with van der Waals surface area (Å²) < 4.78 is 5.91. The lowest BCUT2D eigenvalue weighted by molar-refractivity contribution is -0.127. The smallest absolute Gasteiger partial charge is 0.261 e. The van der Waals surface area contributed by atoms with Crippen LogP contribution < -0.4 is 10.1 Å². The number of amides is 1. The molecule has 3 rings (SSSR count). The fraction of sp³-hybridized carbons (Fsp3) is 0.458. The molecule has 4 heteroatoms. The van der Waals surface area contributed by atoms with Gasteiger partial charge in [-0.3, -0.25) is 9.69 Å². The van der Waals surface area contributed by atoms with Crippen LogP contribution in [0, 0.1) is 13.8 Å². The molecule has 4 nitrogen and oxygen atoms in total. The highest BCUT2D eigenvalue weighted by molar-refractivity contribution is 5.80. The monoisotopic (exact) mass is 380 g/mol. The molecule has 1 amide bonds. The van der Waals surface area contributed by atoms with Gasteiger partial charge in [-0.1, -0.05) is 42.8 Å². The molecule has 0 saturated carbocycles. The van der Waals surface area contributed by atoms with E-state index in [0.717, 1.165) is 23.4 Å². The van der Waals surface area contributed by atoms with E-state index in [-0.39, 0.29) is 5.91 Å². The molecule has 0 aliphatic carbocycles. The van der Waals surface area contributed by atoms with Crippen molar-refractivity contribution in [1.29, 1.82) is 0 Å². The van der Waals surface area contributed by atoms with Crippen LogP contribution in [0.5, 0.6) is 5.75 Å². The Morgan fingerprint density at radius 3 is 2.54 bits per heavy atom. The van der Waals surface area contributed by atoms with E-state index in [9.17, 15) is 4.79 Å². The molecule has 1 N–H and O–H groups in total. The van der Waals surface area contributed by atoms with Crippen molar-refractivity contribution in [2.75, 3.05) is 13.1 Å². The average molecular weight is 381 g/mol. The van der Waals surface area contributed by atoms with Crippen molar-refractivity contribution in [2.24, 2.45) is 0 Å². The Balaban J connectivity index is 1.57. The predicted octanol–water partition coefficient (Wildman–Crippen LogP) is 4.37. The third-order valence-corrected chi connectivity index (χ3v) is 5.43. The number of nitrogens with one attached hydrogen (secondary N) is 1. The number of piperidine rings is 1. The van der Waals surface area contributed by atoms with Gasteiger partial charge in [-0.15, -0.1) is 0 Å². The van der Waals surface area contributed by atoms with E-state index in [1.54, 1.807) is 6.92 Å². The molecule has 28 heavy (non-hydrogen) atoms. The van der Waals surface area contributed by atoms with Gasteiger partial charge in [-0.2, -0.15) is 0 Å². The van der Waals surface area contributed by atoms with Crippen molar-refractivity contribution in [3.8, 4) is 5.75 Å². The first kappa shape index (κ1) is 20.4. The summed E-state index contributed by atoms with van der Waals surface area (Å²) in [4.78, 5) is 15.1. The lowest BCUT2D eigenvalue weighted by Crippen LogP contribution is -2.36. The molecule has 0 bridgehead atoms. The summed E-state index contributed by atoms with van der Waals surface area (Å²) in [5.74, 6) is 0.682. The summed E-state index contributed by atoms with van der Waals surface area (Å²) in [5.41, 5.74) is 4.64. The summed E-state index contributed by atoms with van der Waals surface area (Å²) in [7, 11) is 0. The fourth-order valence-electron chi connectivity index (χ4n) is 3.65. The summed E-state index contributed by atoms with van der Waals surface area (Å²) in [5, 5.41) is 3.05. The number of ether oxygens (including phenoxy) is 1. The number of carbonyl (C=O) groups is 1. The quantitative estimate of drug-likeness (QED) is 0.775. The van der Waals surface area contributed by atoms with Crippen LogP contribution in [0.15, 0.2) is 42.5 Å². The van der Waals surface area contributed by atoms with Crippen molar-refractivity contribution >= 4 is 5.91 Å². The van der Waals surface area contributed by atoms with Gasteiger partial charge >= 0.3 is 0 Å². The Morgan fingerprint density at radius 1 is 1.07 bits per heavy atom. The minimum Gasteiger partial charge on any atom is -0.481 e. The summed E-state index contributed by atoms with van der Waals surface area (Å²) >= 11 is 0. The molecule has 1 aliphatic heterocycles. The molecular formula is C24H32N2O2. The van der Waals surface area contributed by atoms with Gasteiger partial charge in [0.2, 0.25) is 0 Å². The van der Waals surface area contributed by atoms with Crippen molar-refractivity contribution in [3.63, 3.8) is 0 Å². The molecule has 2 aromatic rings. The molecule has 150 valence electrons. The number of aryl methyl sites for hydroxylation is 2.